The van der Waals surface area contributed by atoms with Crippen LogP contribution < -0.4 is 5.73 Å². The van der Waals surface area contributed by atoms with Crippen molar-refractivity contribution in [1.29, 1.82) is 0 Å². The number of imidazole rings is 1. The highest BCUT2D eigenvalue weighted by molar-refractivity contribution is 7.99. The van der Waals surface area contributed by atoms with Crippen molar-refractivity contribution < 1.29 is 0 Å². The Kier molecular flexibility index (Phi) is 4.10. The van der Waals surface area contributed by atoms with E-state index in [9.17, 15) is 0 Å². The molecule has 0 radical (unpaired) electrons. The topological polar surface area (TPSA) is 43.3 Å². The predicted octanol–water partition coefficient (Wildman–Crippen LogP) is 3.75. The molecule has 1 aromatic carbocycles. The maximum absolute atomic E-state index is 6.29. The minimum absolute atomic E-state index is 0.000262. The summed E-state index contributed by atoms with van der Waals surface area (Å²) in [6.45, 7) is 2.16. The molecule has 0 aliphatic rings. The molecule has 0 aliphatic heterocycles. The standard InChI is InChI=1S/C15H17N3S2/c1-2-19-13-5-3-11(4-6-13)14(16)9-12-10-18-7-8-20-15(18)17-12/h3-8,10,14H,2,9,16H2,1H3. The third-order valence-corrected chi connectivity index (χ3v) is 4.86. The van der Waals surface area contributed by atoms with Gasteiger partial charge in [-0.1, -0.05) is 19.1 Å². The van der Waals surface area contributed by atoms with Gasteiger partial charge in [-0.2, -0.15) is 0 Å². The first kappa shape index (κ1) is 13.7. The highest BCUT2D eigenvalue weighted by Crippen LogP contribution is 2.22. The molecule has 0 saturated heterocycles. The number of rotatable bonds is 5. The van der Waals surface area contributed by atoms with Crippen molar-refractivity contribution in [3.8, 4) is 0 Å². The van der Waals surface area contributed by atoms with Crippen LogP contribution in [-0.2, 0) is 6.42 Å². The zero-order valence-corrected chi connectivity index (χ0v) is 13.0. The lowest BCUT2D eigenvalue weighted by Crippen LogP contribution is -2.13. The van der Waals surface area contributed by atoms with Crippen molar-refractivity contribution in [2.45, 2.75) is 24.3 Å². The Morgan fingerprint density at radius 1 is 1.35 bits per heavy atom. The molecule has 0 fully saturated rings. The van der Waals surface area contributed by atoms with Gasteiger partial charge in [0, 0.05) is 35.1 Å². The molecule has 2 N–H and O–H groups in total. The molecule has 3 rings (SSSR count). The largest absolute Gasteiger partial charge is 0.324 e. The van der Waals surface area contributed by atoms with E-state index in [0.717, 1.165) is 22.8 Å². The van der Waals surface area contributed by atoms with Crippen molar-refractivity contribution in [2.24, 2.45) is 5.73 Å². The molecule has 3 nitrogen and oxygen atoms in total. The van der Waals surface area contributed by atoms with Gasteiger partial charge < -0.3 is 5.73 Å². The van der Waals surface area contributed by atoms with E-state index in [1.807, 2.05) is 27.7 Å². The highest BCUT2D eigenvalue weighted by atomic mass is 32.2. The summed E-state index contributed by atoms with van der Waals surface area (Å²) in [7, 11) is 0. The van der Waals surface area contributed by atoms with Gasteiger partial charge in [-0.05, 0) is 23.4 Å². The summed E-state index contributed by atoms with van der Waals surface area (Å²) in [6.07, 6.45) is 4.86. The van der Waals surface area contributed by atoms with Gasteiger partial charge in [-0.3, -0.25) is 4.40 Å². The van der Waals surface area contributed by atoms with Gasteiger partial charge >= 0.3 is 0 Å². The van der Waals surface area contributed by atoms with Crippen LogP contribution in [0.4, 0.5) is 0 Å². The number of aromatic nitrogens is 2. The lowest BCUT2D eigenvalue weighted by Gasteiger charge is -2.11. The van der Waals surface area contributed by atoms with Crippen molar-refractivity contribution in [3.63, 3.8) is 0 Å². The lowest BCUT2D eigenvalue weighted by atomic mass is 10.0. The summed E-state index contributed by atoms with van der Waals surface area (Å²) in [4.78, 5) is 6.91. The molecule has 1 atom stereocenters. The van der Waals surface area contributed by atoms with Crippen LogP contribution in [0.2, 0.25) is 0 Å². The lowest BCUT2D eigenvalue weighted by molar-refractivity contribution is 0.709. The van der Waals surface area contributed by atoms with E-state index in [1.165, 1.54) is 10.5 Å². The molecule has 0 aliphatic carbocycles. The summed E-state index contributed by atoms with van der Waals surface area (Å²) in [5.41, 5.74) is 8.51. The number of thiazole rings is 1. The number of fused-ring (bicyclic) bond motifs is 1. The average Bonchev–Trinajstić information content (AvgIpc) is 3.01. The molecule has 1 unspecified atom stereocenters. The van der Waals surface area contributed by atoms with E-state index in [2.05, 4.69) is 42.4 Å². The SMILES string of the molecule is CCSc1ccc(C(N)Cc2cn3ccsc3n2)cc1. The third kappa shape index (κ3) is 2.90. The van der Waals surface area contributed by atoms with Gasteiger partial charge in [0.1, 0.15) is 0 Å². The first-order valence-electron chi connectivity index (χ1n) is 6.65. The average molecular weight is 303 g/mol. The Balaban J connectivity index is 1.71. The molecular weight excluding hydrogens is 286 g/mol. The van der Waals surface area contributed by atoms with Crippen molar-refractivity contribution in [3.05, 3.63) is 53.3 Å². The van der Waals surface area contributed by atoms with E-state index in [1.54, 1.807) is 11.3 Å². The second-order valence-corrected chi connectivity index (χ2v) is 6.85. The van der Waals surface area contributed by atoms with Gasteiger partial charge in [-0.25, -0.2) is 4.98 Å². The van der Waals surface area contributed by atoms with Gasteiger partial charge in [0.15, 0.2) is 4.96 Å². The number of benzene rings is 1. The first-order valence-corrected chi connectivity index (χ1v) is 8.52. The van der Waals surface area contributed by atoms with E-state index >= 15 is 0 Å². The number of hydrogen-bond acceptors (Lipinski definition) is 4. The fraction of sp³-hybridized carbons (Fsp3) is 0.267. The Labute approximate surface area is 126 Å². The van der Waals surface area contributed by atoms with Crippen LogP contribution in [0.3, 0.4) is 0 Å². The molecule has 2 heterocycles. The summed E-state index contributed by atoms with van der Waals surface area (Å²) in [6, 6.07) is 8.55. The van der Waals surface area contributed by atoms with Crippen molar-refractivity contribution in [1.82, 2.24) is 9.38 Å². The molecule has 20 heavy (non-hydrogen) atoms. The zero-order chi connectivity index (χ0) is 13.9. The fourth-order valence-corrected chi connectivity index (χ4v) is 3.58. The van der Waals surface area contributed by atoms with Crippen LogP contribution in [0.1, 0.15) is 24.2 Å². The van der Waals surface area contributed by atoms with Crippen LogP contribution in [0, 0.1) is 0 Å². The monoisotopic (exact) mass is 303 g/mol. The molecule has 0 amide bonds. The summed E-state index contributed by atoms with van der Waals surface area (Å²) >= 11 is 3.50. The maximum atomic E-state index is 6.29. The molecule has 0 saturated carbocycles. The molecular formula is C15H17N3S2. The molecule has 3 aromatic rings. The van der Waals surface area contributed by atoms with Crippen LogP contribution in [0.5, 0.6) is 0 Å². The second kappa shape index (κ2) is 5.99. The number of thioether (sulfide) groups is 1. The summed E-state index contributed by atoms with van der Waals surface area (Å²) in [5.74, 6) is 1.09. The minimum Gasteiger partial charge on any atom is -0.324 e. The molecule has 0 spiro atoms. The maximum Gasteiger partial charge on any atom is 0.193 e. The number of nitrogens with two attached hydrogens (primary N) is 1. The highest BCUT2D eigenvalue weighted by Gasteiger charge is 2.10. The van der Waals surface area contributed by atoms with E-state index < -0.39 is 0 Å². The molecule has 2 aromatic heterocycles. The Hall–Kier alpha value is -1.30. The zero-order valence-electron chi connectivity index (χ0n) is 11.3. The molecule has 5 heteroatoms. The minimum atomic E-state index is 0.000262. The van der Waals surface area contributed by atoms with Gasteiger partial charge in [-0.15, -0.1) is 23.1 Å². The molecule has 104 valence electrons. The first-order chi connectivity index (χ1) is 9.76. The smallest absolute Gasteiger partial charge is 0.193 e. The van der Waals surface area contributed by atoms with Gasteiger partial charge in [0.25, 0.3) is 0 Å². The van der Waals surface area contributed by atoms with E-state index in [4.69, 9.17) is 5.73 Å². The van der Waals surface area contributed by atoms with Gasteiger partial charge in [0.05, 0.1) is 5.69 Å². The number of nitrogens with zero attached hydrogens (tertiary/aromatic N) is 2. The Morgan fingerprint density at radius 3 is 2.85 bits per heavy atom. The Bertz CT molecular complexity index is 656. The fourth-order valence-electron chi connectivity index (χ4n) is 2.20. The van der Waals surface area contributed by atoms with E-state index in [-0.39, 0.29) is 6.04 Å². The normalized spacial score (nSPS) is 12.9. The van der Waals surface area contributed by atoms with Crippen LogP contribution >= 0.6 is 23.1 Å². The van der Waals surface area contributed by atoms with Crippen molar-refractivity contribution >= 4 is 28.1 Å². The quantitative estimate of drug-likeness (QED) is 0.730. The van der Waals surface area contributed by atoms with E-state index in [0.29, 0.717) is 0 Å². The molecule has 0 bridgehead atoms. The van der Waals surface area contributed by atoms with Crippen LogP contribution in [0.15, 0.2) is 46.9 Å². The Morgan fingerprint density at radius 2 is 2.15 bits per heavy atom. The summed E-state index contributed by atoms with van der Waals surface area (Å²) < 4.78 is 2.05. The van der Waals surface area contributed by atoms with Crippen LogP contribution in [-0.4, -0.2) is 15.1 Å². The van der Waals surface area contributed by atoms with Crippen LogP contribution in [0.25, 0.3) is 4.96 Å². The predicted molar refractivity (Wildman–Crippen MR) is 86.5 cm³/mol. The second-order valence-electron chi connectivity index (χ2n) is 4.64. The third-order valence-electron chi connectivity index (χ3n) is 3.19. The number of hydrogen-bond donors (Lipinski definition) is 1. The van der Waals surface area contributed by atoms with Gasteiger partial charge in [0.2, 0.25) is 0 Å². The van der Waals surface area contributed by atoms with Crippen molar-refractivity contribution in [2.75, 3.05) is 5.75 Å². The summed E-state index contributed by atoms with van der Waals surface area (Å²) in [5, 5.41) is 2.04.